The summed E-state index contributed by atoms with van der Waals surface area (Å²) < 4.78 is 4.36. The molecule has 1 aromatic heterocycles. The summed E-state index contributed by atoms with van der Waals surface area (Å²) in [6, 6.07) is 0. The molecule has 3 heteroatoms. The highest BCUT2D eigenvalue weighted by Gasteiger charge is 1.80. The molecule has 0 aliphatic carbocycles. The smallest absolute Gasteiger partial charge is 0.157 e. The van der Waals surface area contributed by atoms with Crippen LogP contribution in [-0.2, 0) is 0 Å². The van der Waals surface area contributed by atoms with Crippen LogP contribution in [0.4, 0.5) is 0 Å². The summed E-state index contributed by atoms with van der Waals surface area (Å²) in [6.07, 6.45) is 1.44. The fourth-order valence-corrected chi connectivity index (χ4v) is 0.188. The molecule has 0 unspecified atom stereocenters. The third-order valence-corrected chi connectivity index (χ3v) is 0.407. The number of aromatic nitrogens is 2. The van der Waals surface area contributed by atoms with Crippen LogP contribution >= 0.6 is 0 Å². The standard InChI is InChI=1S/C3H3N2O/c1-3-2-4-5-6-3/h2H,1H2. The Morgan fingerprint density at radius 1 is 1.83 bits per heavy atom. The number of rotatable bonds is 0. The molecule has 0 bridgehead atoms. The van der Waals surface area contributed by atoms with Gasteiger partial charge < -0.3 is 4.52 Å². The van der Waals surface area contributed by atoms with Crippen LogP contribution in [0, 0.1) is 6.92 Å². The largest absolute Gasteiger partial charge is 0.342 e. The normalized spacial score (nSPS) is 8.83. The zero-order chi connectivity index (χ0) is 4.41. The number of nitrogens with zero attached hydrogens (tertiary/aromatic N) is 2. The number of hydrogen-bond donors (Lipinski definition) is 0. The predicted molar refractivity (Wildman–Crippen MR) is 18.8 cm³/mol. The second-order valence-corrected chi connectivity index (χ2v) is 0.884. The monoisotopic (exact) mass is 83.0 g/mol. The summed E-state index contributed by atoms with van der Waals surface area (Å²) >= 11 is 0. The van der Waals surface area contributed by atoms with E-state index in [1.165, 1.54) is 6.20 Å². The molecule has 0 N–H and O–H groups in total. The third kappa shape index (κ3) is 0.381. The van der Waals surface area contributed by atoms with Crippen LogP contribution in [0.1, 0.15) is 5.76 Å². The minimum Gasteiger partial charge on any atom is -0.342 e. The summed E-state index contributed by atoms with van der Waals surface area (Å²) in [4.78, 5) is 0. The maximum absolute atomic E-state index is 4.36. The van der Waals surface area contributed by atoms with Gasteiger partial charge in [0.25, 0.3) is 0 Å². The minimum absolute atomic E-state index is 0.495. The minimum atomic E-state index is 0.495. The fraction of sp³-hybridized carbons (Fsp3) is 0. The maximum Gasteiger partial charge on any atom is 0.157 e. The summed E-state index contributed by atoms with van der Waals surface area (Å²) in [5, 5.41) is 6.48. The van der Waals surface area contributed by atoms with Gasteiger partial charge in [0.05, 0.1) is 6.20 Å². The first-order valence-electron chi connectivity index (χ1n) is 1.49. The lowest BCUT2D eigenvalue weighted by Gasteiger charge is -1.61. The molecule has 0 fully saturated rings. The molecule has 0 aromatic carbocycles. The van der Waals surface area contributed by atoms with Crippen molar-refractivity contribution in [2.75, 3.05) is 0 Å². The van der Waals surface area contributed by atoms with Crippen LogP contribution in [0.25, 0.3) is 0 Å². The lowest BCUT2D eigenvalue weighted by molar-refractivity contribution is 0.382. The van der Waals surface area contributed by atoms with Crippen molar-refractivity contribution in [3.63, 3.8) is 0 Å². The van der Waals surface area contributed by atoms with Gasteiger partial charge in [-0.2, -0.15) is 0 Å². The Morgan fingerprint density at radius 3 is 2.83 bits per heavy atom. The van der Waals surface area contributed by atoms with Gasteiger partial charge in [0.15, 0.2) is 5.76 Å². The first-order chi connectivity index (χ1) is 2.89. The summed E-state index contributed by atoms with van der Waals surface area (Å²) in [7, 11) is 0. The van der Waals surface area contributed by atoms with Crippen LogP contribution in [0.3, 0.4) is 0 Å². The van der Waals surface area contributed by atoms with Gasteiger partial charge in [-0.3, -0.25) is 0 Å². The maximum atomic E-state index is 4.36. The van der Waals surface area contributed by atoms with E-state index in [2.05, 4.69) is 21.8 Å². The van der Waals surface area contributed by atoms with E-state index in [-0.39, 0.29) is 0 Å². The summed E-state index contributed by atoms with van der Waals surface area (Å²) in [6.45, 7) is 3.39. The lowest BCUT2D eigenvalue weighted by Crippen LogP contribution is -1.53. The molecule has 0 atom stereocenters. The Hall–Kier alpha value is -0.860. The second-order valence-electron chi connectivity index (χ2n) is 0.884. The Labute approximate surface area is 34.9 Å². The average molecular weight is 83.1 g/mol. The van der Waals surface area contributed by atoms with Crippen molar-refractivity contribution >= 4 is 0 Å². The van der Waals surface area contributed by atoms with Crippen molar-refractivity contribution in [2.45, 2.75) is 0 Å². The molecule has 0 amide bonds. The van der Waals surface area contributed by atoms with Gasteiger partial charge in [-0.25, -0.2) is 0 Å². The predicted octanol–water partition coefficient (Wildman–Crippen LogP) is 0.252. The van der Waals surface area contributed by atoms with Gasteiger partial charge in [0.1, 0.15) is 0 Å². The van der Waals surface area contributed by atoms with Crippen LogP contribution < -0.4 is 0 Å². The fourth-order valence-electron chi connectivity index (χ4n) is 0.188. The van der Waals surface area contributed by atoms with E-state index in [4.69, 9.17) is 0 Å². The highest BCUT2D eigenvalue weighted by atomic mass is 16.5. The van der Waals surface area contributed by atoms with Crippen LogP contribution in [0.2, 0.25) is 0 Å². The first kappa shape index (κ1) is 3.33. The van der Waals surface area contributed by atoms with Crippen molar-refractivity contribution in [2.24, 2.45) is 0 Å². The molecular formula is C3H3N2O. The van der Waals surface area contributed by atoms with Gasteiger partial charge >= 0.3 is 0 Å². The van der Waals surface area contributed by atoms with Crippen molar-refractivity contribution in [1.82, 2.24) is 10.4 Å². The van der Waals surface area contributed by atoms with Gasteiger partial charge in [0.2, 0.25) is 0 Å². The van der Waals surface area contributed by atoms with Crippen LogP contribution in [0.5, 0.6) is 0 Å². The lowest BCUT2D eigenvalue weighted by atomic mass is 10.6. The average Bonchev–Trinajstić information content (AvgIpc) is 1.86. The zero-order valence-electron chi connectivity index (χ0n) is 3.09. The van der Waals surface area contributed by atoms with Gasteiger partial charge in [0, 0.05) is 12.2 Å². The number of hydrogen-bond acceptors (Lipinski definition) is 3. The SMILES string of the molecule is [CH2]c1cnno1. The van der Waals surface area contributed by atoms with Gasteiger partial charge in [-0.1, -0.05) is 0 Å². The van der Waals surface area contributed by atoms with E-state index in [0.717, 1.165) is 0 Å². The van der Waals surface area contributed by atoms with E-state index in [9.17, 15) is 0 Å². The third-order valence-electron chi connectivity index (χ3n) is 0.407. The zero-order valence-corrected chi connectivity index (χ0v) is 3.09. The van der Waals surface area contributed by atoms with Crippen molar-refractivity contribution in [3.05, 3.63) is 18.9 Å². The molecule has 3 nitrogen and oxygen atoms in total. The molecule has 31 valence electrons. The highest BCUT2D eigenvalue weighted by molar-refractivity contribution is 4.87. The topological polar surface area (TPSA) is 38.9 Å². The molecular weight excluding hydrogens is 80.0 g/mol. The molecule has 6 heavy (non-hydrogen) atoms. The molecule has 1 heterocycles. The Balaban J connectivity index is 3.05. The highest BCUT2D eigenvalue weighted by Crippen LogP contribution is 1.84. The Morgan fingerprint density at radius 2 is 2.67 bits per heavy atom. The van der Waals surface area contributed by atoms with E-state index < -0.39 is 0 Å². The molecule has 0 spiro atoms. The summed E-state index contributed by atoms with van der Waals surface area (Å²) in [5.74, 6) is 0.495. The van der Waals surface area contributed by atoms with Gasteiger partial charge in [-0.05, 0) is 0 Å². The molecule has 0 saturated carbocycles. The first-order valence-corrected chi connectivity index (χ1v) is 1.49. The molecule has 1 aromatic rings. The van der Waals surface area contributed by atoms with E-state index in [1.54, 1.807) is 0 Å². The quantitative estimate of drug-likeness (QED) is 0.451. The van der Waals surface area contributed by atoms with E-state index >= 15 is 0 Å². The molecule has 0 aliphatic rings. The van der Waals surface area contributed by atoms with Gasteiger partial charge in [-0.15, -0.1) is 5.10 Å². The Bertz CT molecular complexity index is 112. The molecule has 0 saturated heterocycles. The molecule has 1 rings (SSSR count). The van der Waals surface area contributed by atoms with Crippen LogP contribution in [-0.4, -0.2) is 10.4 Å². The van der Waals surface area contributed by atoms with E-state index in [1.807, 2.05) is 0 Å². The second kappa shape index (κ2) is 1.08. The van der Waals surface area contributed by atoms with E-state index in [0.29, 0.717) is 5.76 Å². The van der Waals surface area contributed by atoms with Crippen molar-refractivity contribution in [1.29, 1.82) is 0 Å². The van der Waals surface area contributed by atoms with Crippen molar-refractivity contribution in [3.8, 4) is 0 Å². The van der Waals surface area contributed by atoms with Crippen molar-refractivity contribution < 1.29 is 4.52 Å². The Kier molecular flexibility index (Phi) is 0.602. The summed E-state index contributed by atoms with van der Waals surface area (Å²) in [5.41, 5.74) is 0. The van der Waals surface area contributed by atoms with Crippen LogP contribution in [0.15, 0.2) is 10.7 Å². The molecule has 1 radical (unpaired) electrons. The molecule has 0 aliphatic heterocycles.